The molecule has 4 unspecified atom stereocenters. The molecule has 154 valence electrons. The first kappa shape index (κ1) is 22.2. The van der Waals surface area contributed by atoms with Gasteiger partial charge in [0.05, 0.1) is 9.79 Å². The molecular formula is C18H22O8S2. The van der Waals surface area contributed by atoms with Gasteiger partial charge in [-0.3, -0.25) is 0 Å². The smallest absolute Gasteiger partial charge is 0.186 e. The molecule has 0 heterocycles. The molecule has 0 radical (unpaired) electrons. The third-order valence-corrected chi connectivity index (χ3v) is 6.26. The van der Waals surface area contributed by atoms with E-state index in [1.54, 1.807) is 0 Å². The van der Waals surface area contributed by atoms with E-state index in [0.29, 0.717) is 24.0 Å². The Bertz CT molecular complexity index is 853. The molecule has 0 fully saturated rings. The van der Waals surface area contributed by atoms with Gasteiger partial charge in [-0.25, -0.2) is 8.42 Å². The Labute approximate surface area is 167 Å². The fourth-order valence-electron chi connectivity index (χ4n) is 2.94. The van der Waals surface area contributed by atoms with E-state index in [1.165, 1.54) is 12.1 Å². The fourth-order valence-corrected chi connectivity index (χ4v) is 4.10. The highest BCUT2D eigenvalue weighted by Crippen LogP contribution is 2.35. The van der Waals surface area contributed by atoms with Gasteiger partial charge in [0.25, 0.3) is 0 Å². The summed E-state index contributed by atoms with van der Waals surface area (Å²) in [6, 6.07) is 4.57. The highest BCUT2D eigenvalue weighted by atomic mass is 32.2. The third-order valence-electron chi connectivity index (χ3n) is 4.75. The number of hydrogen-bond donors (Lipinski definition) is 6. The predicted molar refractivity (Wildman–Crippen MR) is 103 cm³/mol. The minimum absolute atomic E-state index is 0.00576. The number of aromatic hydroxyl groups is 4. The Balaban J connectivity index is 2.27. The van der Waals surface area contributed by atoms with Crippen LogP contribution in [0.4, 0.5) is 0 Å². The van der Waals surface area contributed by atoms with Crippen LogP contribution in [0.3, 0.4) is 0 Å². The molecular weight excluding hydrogens is 408 g/mol. The molecule has 0 bridgehead atoms. The normalized spacial score (nSPS) is 15.7. The van der Waals surface area contributed by atoms with Crippen LogP contribution in [0.5, 0.6) is 23.0 Å². The summed E-state index contributed by atoms with van der Waals surface area (Å²) in [7, 11) is 0. The van der Waals surface area contributed by atoms with Crippen molar-refractivity contribution < 1.29 is 37.9 Å². The third kappa shape index (κ3) is 5.02. The Morgan fingerprint density at radius 3 is 1.25 bits per heavy atom. The second-order valence-corrected chi connectivity index (χ2v) is 8.63. The van der Waals surface area contributed by atoms with Crippen molar-refractivity contribution in [2.45, 2.75) is 36.5 Å². The standard InChI is InChI=1S/C18H22O8S2/c1-9(3-11-5-13(19)15(21)7-17(11)27(23)24)10(2)4-12-6-14(20)16(22)8-18(12)28(25)26/h5-10,19-22H,3-4H2,1-2H3,(H,23,24)(H,25,26). The number of benzene rings is 2. The van der Waals surface area contributed by atoms with Gasteiger partial charge >= 0.3 is 0 Å². The van der Waals surface area contributed by atoms with Crippen LogP contribution in [-0.2, 0) is 35.0 Å². The van der Waals surface area contributed by atoms with E-state index >= 15 is 0 Å². The zero-order chi connectivity index (χ0) is 21.2. The van der Waals surface area contributed by atoms with Gasteiger partial charge in [0.2, 0.25) is 0 Å². The zero-order valence-electron chi connectivity index (χ0n) is 15.2. The number of rotatable bonds is 7. The Morgan fingerprint density at radius 2 is 0.964 bits per heavy atom. The molecule has 6 N–H and O–H groups in total. The van der Waals surface area contributed by atoms with Crippen LogP contribution in [-0.4, -0.2) is 37.9 Å². The molecule has 0 saturated heterocycles. The lowest BCUT2D eigenvalue weighted by molar-refractivity contribution is 0.371. The predicted octanol–water partition coefficient (Wildman–Crippen LogP) is 2.73. The van der Waals surface area contributed by atoms with Crippen LogP contribution in [0.15, 0.2) is 34.1 Å². The van der Waals surface area contributed by atoms with Crippen LogP contribution in [0.1, 0.15) is 25.0 Å². The molecule has 0 saturated carbocycles. The average Bonchev–Trinajstić information content (AvgIpc) is 2.60. The van der Waals surface area contributed by atoms with Crippen LogP contribution in [0.25, 0.3) is 0 Å². The molecule has 2 aromatic carbocycles. The molecule has 28 heavy (non-hydrogen) atoms. The van der Waals surface area contributed by atoms with E-state index in [2.05, 4.69) is 0 Å². The lowest BCUT2D eigenvalue weighted by atomic mass is 9.85. The summed E-state index contributed by atoms with van der Waals surface area (Å²) in [5, 5.41) is 38.5. The van der Waals surface area contributed by atoms with E-state index < -0.39 is 45.2 Å². The summed E-state index contributed by atoms with van der Waals surface area (Å²) < 4.78 is 41.9. The van der Waals surface area contributed by atoms with Gasteiger partial charge in [-0.2, -0.15) is 0 Å². The van der Waals surface area contributed by atoms with E-state index in [0.717, 1.165) is 12.1 Å². The maximum absolute atomic E-state index is 11.5. The maximum atomic E-state index is 11.5. The molecule has 0 aliphatic rings. The van der Waals surface area contributed by atoms with Gasteiger partial charge in [0, 0.05) is 12.1 Å². The zero-order valence-corrected chi connectivity index (χ0v) is 16.8. The van der Waals surface area contributed by atoms with E-state index in [-0.39, 0.29) is 21.6 Å². The van der Waals surface area contributed by atoms with Crippen LogP contribution in [0.2, 0.25) is 0 Å². The monoisotopic (exact) mass is 430 g/mol. The van der Waals surface area contributed by atoms with Crippen molar-refractivity contribution in [1.29, 1.82) is 0 Å². The lowest BCUT2D eigenvalue weighted by Gasteiger charge is -2.22. The molecule has 0 aromatic heterocycles. The lowest BCUT2D eigenvalue weighted by Crippen LogP contribution is -2.16. The first-order chi connectivity index (χ1) is 13.0. The first-order valence-corrected chi connectivity index (χ1v) is 10.5. The summed E-state index contributed by atoms with van der Waals surface area (Å²) in [5.41, 5.74) is 0.796. The van der Waals surface area contributed by atoms with Gasteiger partial charge in [-0.05, 0) is 47.9 Å². The van der Waals surface area contributed by atoms with Crippen molar-refractivity contribution in [1.82, 2.24) is 0 Å². The van der Waals surface area contributed by atoms with Crippen molar-refractivity contribution in [2.24, 2.45) is 11.8 Å². The van der Waals surface area contributed by atoms with Crippen molar-refractivity contribution >= 4 is 22.2 Å². The van der Waals surface area contributed by atoms with Crippen LogP contribution >= 0.6 is 0 Å². The largest absolute Gasteiger partial charge is 0.504 e. The highest BCUT2D eigenvalue weighted by molar-refractivity contribution is 7.79. The minimum Gasteiger partial charge on any atom is -0.504 e. The van der Waals surface area contributed by atoms with Crippen LogP contribution < -0.4 is 0 Å². The molecule has 0 aliphatic carbocycles. The van der Waals surface area contributed by atoms with Crippen molar-refractivity contribution in [3.8, 4) is 23.0 Å². The molecule has 10 heteroatoms. The second kappa shape index (κ2) is 8.91. The molecule has 0 spiro atoms. The molecule has 8 nitrogen and oxygen atoms in total. The van der Waals surface area contributed by atoms with Gasteiger partial charge in [0.1, 0.15) is 0 Å². The Morgan fingerprint density at radius 1 is 0.679 bits per heavy atom. The Kier molecular flexibility index (Phi) is 7.05. The van der Waals surface area contributed by atoms with Crippen molar-refractivity contribution in [3.05, 3.63) is 35.4 Å². The summed E-state index contributed by atoms with van der Waals surface area (Å²) in [6.45, 7) is 3.74. The summed E-state index contributed by atoms with van der Waals surface area (Å²) >= 11 is -4.69. The topological polar surface area (TPSA) is 156 Å². The first-order valence-electron chi connectivity index (χ1n) is 8.32. The van der Waals surface area contributed by atoms with Gasteiger partial charge in [-0.1, -0.05) is 13.8 Å². The van der Waals surface area contributed by atoms with Gasteiger partial charge in [-0.15, -0.1) is 0 Å². The molecule has 0 amide bonds. The van der Waals surface area contributed by atoms with Gasteiger partial charge in [0.15, 0.2) is 45.2 Å². The molecule has 2 rings (SSSR count). The SMILES string of the molecule is CC(Cc1cc(O)c(O)cc1S(=O)O)C(C)Cc1cc(O)c(O)cc1S(=O)O. The van der Waals surface area contributed by atoms with E-state index in [9.17, 15) is 37.9 Å². The quantitative estimate of drug-likeness (QED) is 0.289. The number of phenolic OH excluding ortho intramolecular Hbond substituents is 4. The Hall–Kier alpha value is -2.14. The number of phenols is 4. The van der Waals surface area contributed by atoms with E-state index in [4.69, 9.17) is 0 Å². The highest BCUT2D eigenvalue weighted by Gasteiger charge is 2.21. The fraction of sp³-hybridized carbons (Fsp3) is 0.333. The maximum Gasteiger partial charge on any atom is 0.186 e. The van der Waals surface area contributed by atoms with Crippen molar-refractivity contribution in [3.63, 3.8) is 0 Å². The number of hydrogen-bond acceptors (Lipinski definition) is 6. The van der Waals surface area contributed by atoms with E-state index in [1.807, 2.05) is 13.8 Å². The summed E-state index contributed by atoms with van der Waals surface area (Å²) in [4.78, 5) is -0.0115. The van der Waals surface area contributed by atoms with Gasteiger partial charge < -0.3 is 29.5 Å². The average molecular weight is 431 g/mol. The molecule has 2 aromatic rings. The molecule has 4 atom stereocenters. The summed E-state index contributed by atoms with van der Waals surface area (Å²) in [5.74, 6) is -1.96. The summed E-state index contributed by atoms with van der Waals surface area (Å²) in [6.07, 6.45) is 0.608. The van der Waals surface area contributed by atoms with Crippen LogP contribution in [0, 0.1) is 11.8 Å². The second-order valence-electron chi connectivity index (χ2n) is 6.76. The van der Waals surface area contributed by atoms with Crippen molar-refractivity contribution in [2.75, 3.05) is 0 Å². The molecule has 0 aliphatic heterocycles. The minimum atomic E-state index is -2.35.